The second kappa shape index (κ2) is 12.3. The number of rotatable bonds is 14. The van der Waals surface area contributed by atoms with Gasteiger partial charge >= 0.3 is 4.87 Å². The molecule has 0 saturated carbocycles. The van der Waals surface area contributed by atoms with Crippen molar-refractivity contribution in [3.8, 4) is 5.75 Å². The molecule has 0 aliphatic carbocycles. The van der Waals surface area contributed by atoms with E-state index < -0.39 is 5.91 Å². The van der Waals surface area contributed by atoms with Crippen LogP contribution in [0.4, 0.5) is 0 Å². The number of H-pyrrole nitrogens is 1. The van der Waals surface area contributed by atoms with Crippen molar-refractivity contribution < 1.29 is 20.1 Å². The molecule has 0 radical (unpaired) electrons. The highest BCUT2D eigenvalue weighted by atomic mass is 32.1. The number of ether oxygens (including phenoxy) is 1. The van der Waals surface area contributed by atoms with Crippen LogP contribution in [0.15, 0.2) is 41.2 Å². The van der Waals surface area contributed by atoms with Gasteiger partial charge in [-0.15, -0.1) is 0 Å². The van der Waals surface area contributed by atoms with Crippen LogP contribution in [0.5, 0.6) is 5.75 Å². The van der Waals surface area contributed by atoms with Crippen LogP contribution in [0.25, 0.3) is 10.2 Å². The number of fused-ring (bicyclic) bond motifs is 1. The van der Waals surface area contributed by atoms with E-state index >= 15 is 0 Å². The van der Waals surface area contributed by atoms with Crippen LogP contribution >= 0.6 is 11.3 Å². The van der Waals surface area contributed by atoms with E-state index in [1.54, 1.807) is 6.07 Å². The van der Waals surface area contributed by atoms with Gasteiger partial charge in [0.25, 0.3) is 0 Å². The first-order valence-electron chi connectivity index (χ1n) is 11.3. The minimum atomic E-state index is -2.14. The molecule has 180 valence electrons. The molecule has 3 rings (SSSR count). The molecule has 0 fully saturated rings. The van der Waals surface area contributed by atoms with E-state index in [4.69, 9.17) is 4.74 Å². The first kappa shape index (κ1) is 25.4. The summed E-state index contributed by atoms with van der Waals surface area (Å²) in [5.74, 6) is -2.18. The number of phenolic OH excluding ortho intramolecular Hbond substituents is 1. The molecule has 0 unspecified atom stereocenters. The molecule has 0 amide bonds. The smallest absolute Gasteiger partial charge is 0.305 e. The van der Waals surface area contributed by atoms with Gasteiger partial charge in [0, 0.05) is 32.7 Å². The molecule has 0 aliphatic rings. The van der Waals surface area contributed by atoms with E-state index in [2.05, 4.69) is 34.7 Å². The Balaban J connectivity index is 1.46. The number of phenols is 1. The molecule has 1 aromatic heterocycles. The summed E-state index contributed by atoms with van der Waals surface area (Å²) >= 11 is 0.935. The third-order valence-corrected chi connectivity index (χ3v) is 6.17. The van der Waals surface area contributed by atoms with Gasteiger partial charge in [-0.25, -0.2) is 0 Å². The predicted molar refractivity (Wildman–Crippen MR) is 131 cm³/mol. The van der Waals surface area contributed by atoms with Gasteiger partial charge < -0.3 is 30.4 Å². The van der Waals surface area contributed by atoms with Crippen LogP contribution in [0.1, 0.15) is 36.5 Å². The fraction of sp³-hybridized carbons (Fsp3) is 0.458. The first-order valence-corrected chi connectivity index (χ1v) is 12.1. The van der Waals surface area contributed by atoms with Crippen molar-refractivity contribution in [2.24, 2.45) is 0 Å². The van der Waals surface area contributed by atoms with Gasteiger partial charge in [-0.3, -0.25) is 10.1 Å². The molecule has 33 heavy (non-hydrogen) atoms. The lowest BCUT2D eigenvalue weighted by atomic mass is 10.1. The SMILES string of the molecule is CCCOCCCNCc1cccc(CCNC(O)(O)Cc2ccc(O)c3[nH]c(=O)sc23)c1. The van der Waals surface area contributed by atoms with Gasteiger partial charge in [0.05, 0.1) is 4.70 Å². The zero-order chi connectivity index (χ0) is 23.7. The maximum absolute atomic E-state index is 11.7. The van der Waals surface area contributed by atoms with Crippen LogP contribution < -0.4 is 15.5 Å². The molecule has 2 aromatic carbocycles. The molecule has 0 spiro atoms. The van der Waals surface area contributed by atoms with Crippen molar-refractivity contribution >= 4 is 21.6 Å². The number of hydrogen-bond donors (Lipinski definition) is 6. The zero-order valence-corrected chi connectivity index (χ0v) is 19.7. The number of hydrogen-bond acceptors (Lipinski definition) is 8. The van der Waals surface area contributed by atoms with Gasteiger partial charge in [0.1, 0.15) is 11.3 Å². The minimum Gasteiger partial charge on any atom is -0.506 e. The van der Waals surface area contributed by atoms with Crippen molar-refractivity contribution in [2.45, 2.75) is 45.1 Å². The van der Waals surface area contributed by atoms with Gasteiger partial charge in [0.15, 0.2) is 0 Å². The van der Waals surface area contributed by atoms with Gasteiger partial charge in [-0.1, -0.05) is 48.6 Å². The summed E-state index contributed by atoms with van der Waals surface area (Å²) in [6.45, 7) is 5.72. The molecule has 0 atom stereocenters. The second-order valence-electron chi connectivity index (χ2n) is 8.10. The Bertz CT molecular complexity index is 1080. The van der Waals surface area contributed by atoms with Gasteiger partial charge in [0.2, 0.25) is 5.91 Å². The van der Waals surface area contributed by atoms with Crippen LogP contribution in [-0.4, -0.2) is 52.5 Å². The topological polar surface area (TPSA) is 127 Å². The average Bonchev–Trinajstić information content (AvgIpc) is 3.18. The summed E-state index contributed by atoms with van der Waals surface area (Å²) in [7, 11) is 0. The standard InChI is InChI=1S/C24H33N3O5S/c1-2-12-32-13-4-10-25-16-18-6-3-5-17(14-18)9-11-26-24(30,31)15-19-7-8-20(28)21-22(19)33-23(29)27-21/h3,5-8,14,25-26,28,30-31H,2,4,9-13,15-16H2,1H3,(H,27,29). The third-order valence-electron chi connectivity index (χ3n) is 5.21. The molecule has 0 aliphatic heterocycles. The number of aromatic amines is 1. The molecule has 0 bridgehead atoms. The van der Waals surface area contributed by atoms with Crippen molar-refractivity contribution in [3.05, 3.63) is 62.8 Å². The Hall–Kier alpha value is -2.27. The van der Waals surface area contributed by atoms with Crippen LogP contribution in [0, 0.1) is 0 Å². The van der Waals surface area contributed by atoms with E-state index in [1.807, 2.05) is 12.1 Å². The Morgan fingerprint density at radius 2 is 1.94 bits per heavy atom. The van der Waals surface area contributed by atoms with Crippen LogP contribution in [0.3, 0.4) is 0 Å². The third kappa shape index (κ3) is 7.92. The first-order chi connectivity index (χ1) is 15.9. The molecule has 1 heterocycles. The molecule has 3 aromatic rings. The predicted octanol–water partition coefficient (Wildman–Crippen LogP) is 2.21. The summed E-state index contributed by atoms with van der Waals surface area (Å²) in [4.78, 5) is 13.9. The quantitative estimate of drug-likeness (QED) is 0.156. The van der Waals surface area contributed by atoms with Gasteiger partial charge in [-0.05, 0) is 48.6 Å². The number of aromatic hydroxyl groups is 1. The minimum absolute atomic E-state index is 0.0410. The maximum atomic E-state index is 11.7. The number of thiazole rings is 1. The lowest BCUT2D eigenvalue weighted by Gasteiger charge is -2.23. The Kier molecular flexibility index (Phi) is 9.42. The van der Waals surface area contributed by atoms with E-state index in [9.17, 15) is 20.1 Å². The van der Waals surface area contributed by atoms with Crippen molar-refractivity contribution in [2.75, 3.05) is 26.3 Å². The summed E-state index contributed by atoms with van der Waals surface area (Å²) < 4.78 is 6.00. The van der Waals surface area contributed by atoms with Crippen molar-refractivity contribution in [1.82, 2.24) is 15.6 Å². The second-order valence-corrected chi connectivity index (χ2v) is 9.08. The highest BCUT2D eigenvalue weighted by molar-refractivity contribution is 7.16. The Labute approximate surface area is 197 Å². The number of aliphatic hydroxyl groups is 2. The van der Waals surface area contributed by atoms with E-state index in [-0.39, 0.29) is 17.0 Å². The van der Waals surface area contributed by atoms with Crippen molar-refractivity contribution in [3.63, 3.8) is 0 Å². The fourth-order valence-corrected chi connectivity index (χ4v) is 4.49. The normalized spacial score (nSPS) is 12.0. The molecule has 9 heteroatoms. The number of benzene rings is 2. The summed E-state index contributed by atoms with van der Waals surface area (Å²) in [6, 6.07) is 11.2. The molecular weight excluding hydrogens is 442 g/mol. The summed E-state index contributed by atoms with van der Waals surface area (Å²) in [6.07, 6.45) is 2.53. The van der Waals surface area contributed by atoms with E-state index in [1.165, 1.54) is 11.6 Å². The monoisotopic (exact) mass is 475 g/mol. The maximum Gasteiger partial charge on any atom is 0.305 e. The highest BCUT2D eigenvalue weighted by Crippen LogP contribution is 2.29. The fourth-order valence-electron chi connectivity index (χ4n) is 3.62. The zero-order valence-electron chi connectivity index (χ0n) is 18.9. The molecule has 0 saturated heterocycles. The van der Waals surface area contributed by atoms with Crippen LogP contribution in [0.2, 0.25) is 0 Å². The summed E-state index contributed by atoms with van der Waals surface area (Å²) in [5.41, 5.74) is 3.16. The molecule has 6 N–H and O–H groups in total. The van der Waals surface area contributed by atoms with E-state index in [0.717, 1.165) is 56.0 Å². The van der Waals surface area contributed by atoms with Crippen molar-refractivity contribution in [1.29, 1.82) is 0 Å². The van der Waals surface area contributed by atoms with E-state index in [0.29, 0.717) is 28.7 Å². The largest absolute Gasteiger partial charge is 0.506 e. The summed E-state index contributed by atoms with van der Waals surface area (Å²) in [5, 5.41) is 37.0. The number of aromatic nitrogens is 1. The molecule has 8 nitrogen and oxygen atoms in total. The van der Waals surface area contributed by atoms with Gasteiger partial charge in [-0.2, -0.15) is 0 Å². The lowest BCUT2D eigenvalue weighted by molar-refractivity contribution is -0.183. The average molecular weight is 476 g/mol. The van der Waals surface area contributed by atoms with Crippen LogP contribution in [-0.2, 0) is 24.1 Å². The highest BCUT2D eigenvalue weighted by Gasteiger charge is 2.25. The molecular formula is C24H33N3O5S. The lowest BCUT2D eigenvalue weighted by Crippen LogP contribution is -2.47. The Morgan fingerprint density at radius 3 is 2.76 bits per heavy atom. The number of nitrogens with one attached hydrogen (secondary N) is 3. The Morgan fingerprint density at radius 1 is 1.12 bits per heavy atom.